The van der Waals surface area contributed by atoms with Gasteiger partial charge in [-0.2, -0.15) is 8.78 Å². The molecule has 1 saturated carbocycles. The van der Waals surface area contributed by atoms with Crippen molar-refractivity contribution in [1.82, 2.24) is 9.88 Å². The van der Waals surface area contributed by atoms with Crippen LogP contribution in [0.1, 0.15) is 41.0 Å². The minimum absolute atomic E-state index is 0.0429. The lowest BCUT2D eigenvalue weighted by molar-refractivity contribution is -0.129. The summed E-state index contributed by atoms with van der Waals surface area (Å²) in [4.78, 5) is 23.9. The van der Waals surface area contributed by atoms with Gasteiger partial charge in [-0.15, -0.1) is 0 Å². The monoisotopic (exact) mass is 462 g/mol. The first-order chi connectivity index (χ1) is 16.3. The lowest BCUT2D eigenvalue weighted by Gasteiger charge is -2.27. The number of amides is 1. The zero-order valence-electron chi connectivity index (χ0n) is 18.8. The van der Waals surface area contributed by atoms with Crippen LogP contribution in [-0.2, 0) is 10.3 Å². The molecule has 8 heteroatoms. The molecule has 1 atom stereocenters. The number of carbonyl (C=O) groups excluding carboxylic acids is 1. The van der Waals surface area contributed by atoms with Crippen molar-refractivity contribution in [1.29, 1.82) is 0 Å². The van der Waals surface area contributed by atoms with Gasteiger partial charge in [0.1, 0.15) is 5.75 Å². The average Bonchev–Trinajstić information content (AvgIpc) is 3.65. The van der Waals surface area contributed by atoms with E-state index in [0.717, 1.165) is 11.1 Å². The van der Waals surface area contributed by atoms with E-state index in [1.165, 1.54) is 29.4 Å². The molecule has 1 fully saturated rings. The van der Waals surface area contributed by atoms with Crippen molar-refractivity contribution < 1.29 is 18.3 Å². The van der Waals surface area contributed by atoms with Crippen LogP contribution in [0.3, 0.4) is 0 Å². The fourth-order valence-corrected chi connectivity index (χ4v) is 4.47. The Morgan fingerprint density at radius 3 is 2.50 bits per heavy atom. The van der Waals surface area contributed by atoms with E-state index in [1.54, 1.807) is 32.3 Å². The Morgan fingerprint density at radius 1 is 1.09 bits per heavy atom. The molecule has 6 nitrogen and oxygen atoms in total. The molecule has 0 saturated heterocycles. The van der Waals surface area contributed by atoms with Crippen LogP contribution in [0.5, 0.6) is 5.75 Å². The highest BCUT2D eigenvalue weighted by Gasteiger charge is 2.49. The third kappa shape index (κ3) is 3.69. The minimum Gasteiger partial charge on any atom is -0.435 e. The predicted octanol–water partition coefficient (Wildman–Crippen LogP) is 4.57. The predicted molar refractivity (Wildman–Crippen MR) is 125 cm³/mol. The molecule has 2 heterocycles. The summed E-state index contributed by atoms with van der Waals surface area (Å²) in [5.74, 6) is 0.363. The van der Waals surface area contributed by atoms with Crippen LogP contribution in [0.2, 0.25) is 0 Å². The zero-order valence-corrected chi connectivity index (χ0v) is 18.8. The lowest BCUT2D eigenvalue weighted by atomic mass is 9.81. The third-order valence-corrected chi connectivity index (χ3v) is 6.47. The number of hydrogen-bond donors (Lipinski definition) is 1. The van der Waals surface area contributed by atoms with Crippen LogP contribution < -0.4 is 10.5 Å². The van der Waals surface area contributed by atoms with E-state index in [4.69, 9.17) is 5.73 Å². The van der Waals surface area contributed by atoms with Crippen molar-refractivity contribution in [2.45, 2.75) is 37.8 Å². The molecule has 2 aliphatic rings. The summed E-state index contributed by atoms with van der Waals surface area (Å²) < 4.78 is 30.1. The molecule has 2 aromatic carbocycles. The van der Waals surface area contributed by atoms with Gasteiger partial charge in [0.2, 0.25) is 0 Å². The molecule has 0 radical (unpaired) electrons. The van der Waals surface area contributed by atoms with Crippen LogP contribution in [0, 0.1) is 6.92 Å². The molecular formula is C26H24F2N4O2. The molecule has 1 unspecified atom stereocenters. The van der Waals surface area contributed by atoms with Crippen LogP contribution in [0.15, 0.2) is 65.9 Å². The second-order valence-electron chi connectivity index (χ2n) is 8.77. The van der Waals surface area contributed by atoms with Crippen LogP contribution in [0.4, 0.5) is 8.78 Å². The van der Waals surface area contributed by atoms with Gasteiger partial charge in [0, 0.05) is 25.0 Å². The van der Waals surface area contributed by atoms with Gasteiger partial charge in [-0.1, -0.05) is 24.3 Å². The molecule has 0 bridgehead atoms. The van der Waals surface area contributed by atoms with Gasteiger partial charge >= 0.3 is 6.61 Å². The highest BCUT2D eigenvalue weighted by molar-refractivity contribution is 6.09. The van der Waals surface area contributed by atoms with E-state index in [1.807, 2.05) is 30.5 Å². The zero-order chi connectivity index (χ0) is 24.0. The lowest BCUT2D eigenvalue weighted by Crippen LogP contribution is -2.41. The van der Waals surface area contributed by atoms with Gasteiger partial charge in [0.15, 0.2) is 11.5 Å². The molecule has 1 amide bonds. The first-order valence-corrected chi connectivity index (χ1v) is 11.0. The van der Waals surface area contributed by atoms with Crippen molar-refractivity contribution in [3.63, 3.8) is 0 Å². The Hall–Kier alpha value is -3.81. The number of rotatable bonds is 6. The molecule has 3 aromatic rings. The number of halogens is 2. The fraction of sp³-hybridized carbons (Fsp3) is 0.269. The largest absolute Gasteiger partial charge is 0.435 e. The van der Waals surface area contributed by atoms with Crippen molar-refractivity contribution >= 4 is 11.9 Å². The third-order valence-electron chi connectivity index (χ3n) is 6.47. The van der Waals surface area contributed by atoms with Crippen molar-refractivity contribution in [3.05, 3.63) is 83.2 Å². The smallest absolute Gasteiger partial charge is 0.387 e. The highest BCUT2D eigenvalue weighted by atomic mass is 19.3. The number of pyridine rings is 1. The van der Waals surface area contributed by atoms with Gasteiger partial charge in [-0.05, 0) is 77.8 Å². The molecular weight excluding hydrogens is 438 g/mol. The minimum atomic E-state index is -2.94. The van der Waals surface area contributed by atoms with Gasteiger partial charge < -0.3 is 10.5 Å². The molecule has 1 aromatic heterocycles. The second-order valence-corrected chi connectivity index (χ2v) is 8.77. The number of ether oxygens (including phenoxy) is 1. The number of guanidine groups is 1. The summed E-state index contributed by atoms with van der Waals surface area (Å²) >= 11 is 0. The Morgan fingerprint density at radius 2 is 1.85 bits per heavy atom. The molecule has 1 aliphatic heterocycles. The van der Waals surface area contributed by atoms with Crippen LogP contribution in [-0.4, -0.2) is 35.4 Å². The Bertz CT molecular complexity index is 1310. The summed E-state index contributed by atoms with van der Waals surface area (Å²) in [6, 6.07) is 14.4. The number of carbonyl (C=O) groups is 1. The average molecular weight is 463 g/mol. The van der Waals surface area contributed by atoms with E-state index in [9.17, 15) is 13.6 Å². The normalized spacial score (nSPS) is 20.1. The summed E-state index contributed by atoms with van der Waals surface area (Å²) in [6.45, 7) is -1.29. The second kappa shape index (κ2) is 8.20. The van der Waals surface area contributed by atoms with Crippen molar-refractivity contribution in [3.8, 4) is 16.9 Å². The van der Waals surface area contributed by atoms with E-state index in [-0.39, 0.29) is 17.6 Å². The number of aromatic nitrogens is 1. The Kier molecular flexibility index (Phi) is 5.31. The van der Waals surface area contributed by atoms with E-state index in [2.05, 4.69) is 20.8 Å². The quantitative estimate of drug-likeness (QED) is 0.582. The molecule has 34 heavy (non-hydrogen) atoms. The van der Waals surface area contributed by atoms with Crippen molar-refractivity contribution in [2.75, 3.05) is 7.05 Å². The highest BCUT2D eigenvalue weighted by Crippen LogP contribution is 2.43. The standard InChI is InChI=1S/C26H24F2N4O2/c1-15-10-21(8-9-22(15)34-24(27)28)26(23(33)32(2)25(29)31-26)20-5-3-4-17(12-20)19-11-18(13-30-14-19)16-6-7-16/h3-5,8-14,16,24H,6-7H2,1-2H3,(H2,29,31). The first-order valence-electron chi connectivity index (χ1n) is 11.0. The molecule has 1 aliphatic carbocycles. The summed E-state index contributed by atoms with van der Waals surface area (Å²) in [5.41, 5.74) is 9.32. The summed E-state index contributed by atoms with van der Waals surface area (Å²) in [7, 11) is 1.57. The van der Waals surface area contributed by atoms with Gasteiger partial charge in [0.25, 0.3) is 5.91 Å². The number of hydrogen-bond acceptors (Lipinski definition) is 5. The first kappa shape index (κ1) is 22.0. The number of nitrogens with zero attached hydrogens (tertiary/aromatic N) is 3. The van der Waals surface area contributed by atoms with E-state index in [0.29, 0.717) is 22.6 Å². The molecule has 2 N–H and O–H groups in total. The van der Waals surface area contributed by atoms with Crippen LogP contribution in [0.25, 0.3) is 11.1 Å². The Labute approximate surface area is 196 Å². The number of benzene rings is 2. The van der Waals surface area contributed by atoms with E-state index >= 15 is 0 Å². The van der Waals surface area contributed by atoms with Gasteiger partial charge in [-0.25, -0.2) is 4.99 Å². The van der Waals surface area contributed by atoms with E-state index < -0.39 is 12.2 Å². The number of aryl methyl sites for hydroxylation is 1. The molecule has 5 rings (SSSR count). The SMILES string of the molecule is Cc1cc(C2(c3cccc(-c4cncc(C5CC5)c4)c3)N=C(N)N(C)C2=O)ccc1OC(F)F. The number of alkyl halides is 2. The molecule has 0 spiro atoms. The maximum atomic E-state index is 13.6. The summed E-state index contributed by atoms with van der Waals surface area (Å²) in [6.07, 6.45) is 6.05. The number of likely N-dealkylation sites (N-methyl/N-ethyl adjacent to an activating group) is 1. The topological polar surface area (TPSA) is 80.8 Å². The Balaban J connectivity index is 1.64. The number of aliphatic imine (C=N–C) groups is 1. The van der Waals surface area contributed by atoms with Gasteiger partial charge in [0.05, 0.1) is 0 Å². The fourth-order valence-electron chi connectivity index (χ4n) is 4.47. The van der Waals surface area contributed by atoms with Gasteiger partial charge in [-0.3, -0.25) is 14.7 Å². The summed E-state index contributed by atoms with van der Waals surface area (Å²) in [5, 5.41) is 0. The maximum Gasteiger partial charge on any atom is 0.387 e. The molecule has 174 valence electrons. The van der Waals surface area contributed by atoms with Crippen LogP contribution >= 0.6 is 0 Å². The maximum absolute atomic E-state index is 13.6. The number of nitrogens with two attached hydrogens (primary N) is 1. The van der Waals surface area contributed by atoms with Crippen molar-refractivity contribution in [2.24, 2.45) is 10.7 Å².